The Labute approximate surface area is 211 Å². The minimum atomic E-state index is -1.42. The van der Waals surface area contributed by atoms with E-state index in [1.165, 1.54) is 138 Å². The van der Waals surface area contributed by atoms with E-state index in [4.69, 9.17) is 0 Å². The Bertz CT molecular complexity index is 483. The summed E-state index contributed by atoms with van der Waals surface area (Å²) in [7, 11) is -1.42. The maximum atomic E-state index is 3.69. The quantitative estimate of drug-likeness (QED) is 0.105. The van der Waals surface area contributed by atoms with E-state index in [1.807, 2.05) is 0 Å². The van der Waals surface area contributed by atoms with Crippen LogP contribution in [0.5, 0.6) is 0 Å². The third-order valence-electron chi connectivity index (χ3n) is 7.48. The Balaban J connectivity index is 2.78. The molecule has 0 aliphatic rings. The first-order valence-corrected chi connectivity index (χ1v) is 17.9. The van der Waals surface area contributed by atoms with Crippen LogP contribution in [0.15, 0.2) is 28.7 Å². The van der Waals surface area contributed by atoms with Gasteiger partial charge in [0.1, 0.15) is 0 Å². The fourth-order valence-corrected chi connectivity index (χ4v) is 10.9. The minimum absolute atomic E-state index is 1.24. The molecular formula is C30H55BrSi. The summed E-state index contributed by atoms with van der Waals surface area (Å²) in [6.07, 6.45) is 25.8. The molecular weight excluding hydrogens is 468 g/mol. The summed E-state index contributed by atoms with van der Waals surface area (Å²) in [5, 5.41) is 1.76. The van der Waals surface area contributed by atoms with Gasteiger partial charge in [-0.15, -0.1) is 0 Å². The van der Waals surface area contributed by atoms with E-state index >= 15 is 0 Å². The molecule has 0 aromatic heterocycles. The normalized spacial score (nSPS) is 11.9. The SMILES string of the molecule is CCCCCCCC[Si](CCCCCCCC)(CCCCCCCC)c1ccc(Br)cc1. The van der Waals surface area contributed by atoms with Crippen LogP contribution in [0.2, 0.25) is 18.1 Å². The Morgan fingerprint density at radius 1 is 0.469 bits per heavy atom. The second kappa shape index (κ2) is 20.3. The predicted molar refractivity (Wildman–Crippen MR) is 154 cm³/mol. The number of unbranched alkanes of at least 4 members (excludes halogenated alkanes) is 15. The molecule has 0 bridgehead atoms. The first-order valence-electron chi connectivity index (χ1n) is 14.4. The molecule has 0 fully saturated rings. The van der Waals surface area contributed by atoms with Gasteiger partial charge in [-0.2, -0.15) is 0 Å². The van der Waals surface area contributed by atoms with Crippen molar-refractivity contribution in [3.05, 3.63) is 28.7 Å². The average molecular weight is 524 g/mol. The van der Waals surface area contributed by atoms with E-state index in [1.54, 1.807) is 5.19 Å². The van der Waals surface area contributed by atoms with Gasteiger partial charge in [-0.1, -0.05) is 188 Å². The Morgan fingerprint density at radius 2 is 0.781 bits per heavy atom. The summed E-state index contributed by atoms with van der Waals surface area (Å²) in [5.41, 5.74) is 0. The highest BCUT2D eigenvalue weighted by Gasteiger charge is 2.33. The molecule has 0 nitrogen and oxygen atoms in total. The summed E-state index contributed by atoms with van der Waals surface area (Å²) >= 11 is 3.69. The summed E-state index contributed by atoms with van der Waals surface area (Å²) in [6.45, 7) is 6.98. The van der Waals surface area contributed by atoms with Crippen LogP contribution in [0.4, 0.5) is 0 Å². The van der Waals surface area contributed by atoms with Crippen molar-refractivity contribution in [2.75, 3.05) is 0 Å². The zero-order chi connectivity index (χ0) is 23.3. The van der Waals surface area contributed by atoms with Crippen LogP contribution in [0.3, 0.4) is 0 Å². The molecule has 0 aliphatic heterocycles. The monoisotopic (exact) mass is 522 g/mol. The molecule has 32 heavy (non-hydrogen) atoms. The van der Waals surface area contributed by atoms with Gasteiger partial charge in [-0.25, -0.2) is 0 Å². The van der Waals surface area contributed by atoms with Gasteiger partial charge in [0.25, 0.3) is 0 Å². The average Bonchev–Trinajstić information content (AvgIpc) is 2.80. The molecule has 1 rings (SSSR count). The van der Waals surface area contributed by atoms with Crippen LogP contribution in [0.25, 0.3) is 0 Å². The van der Waals surface area contributed by atoms with Gasteiger partial charge in [0.05, 0.1) is 8.07 Å². The largest absolute Gasteiger partial charge is 0.0867 e. The topological polar surface area (TPSA) is 0 Å². The van der Waals surface area contributed by atoms with Gasteiger partial charge in [-0.05, 0) is 12.1 Å². The van der Waals surface area contributed by atoms with Crippen molar-refractivity contribution in [1.29, 1.82) is 0 Å². The van der Waals surface area contributed by atoms with Gasteiger partial charge < -0.3 is 0 Å². The highest BCUT2D eigenvalue weighted by atomic mass is 79.9. The summed E-state index contributed by atoms with van der Waals surface area (Å²) < 4.78 is 1.24. The van der Waals surface area contributed by atoms with E-state index in [0.717, 1.165) is 0 Å². The van der Waals surface area contributed by atoms with Gasteiger partial charge in [0.2, 0.25) is 0 Å². The third-order valence-corrected chi connectivity index (χ3v) is 13.5. The number of hydrogen-bond donors (Lipinski definition) is 0. The number of hydrogen-bond acceptors (Lipinski definition) is 0. The minimum Gasteiger partial charge on any atom is -0.0654 e. The summed E-state index contributed by atoms with van der Waals surface area (Å²) in [4.78, 5) is 0. The number of halogens is 1. The molecule has 0 aliphatic carbocycles. The van der Waals surface area contributed by atoms with Gasteiger partial charge >= 0.3 is 0 Å². The van der Waals surface area contributed by atoms with Crippen molar-refractivity contribution < 1.29 is 0 Å². The van der Waals surface area contributed by atoms with Crippen molar-refractivity contribution in [2.24, 2.45) is 0 Å². The number of rotatable bonds is 22. The molecule has 0 radical (unpaired) electrons. The lowest BCUT2D eigenvalue weighted by Crippen LogP contribution is -2.47. The molecule has 0 saturated heterocycles. The van der Waals surface area contributed by atoms with Crippen LogP contribution < -0.4 is 5.19 Å². The second-order valence-corrected chi connectivity index (χ2v) is 15.9. The van der Waals surface area contributed by atoms with E-state index in [0.29, 0.717) is 0 Å². The lowest BCUT2D eigenvalue weighted by molar-refractivity contribution is 0.608. The smallest absolute Gasteiger partial charge is 0.0654 e. The molecule has 0 heterocycles. The second-order valence-electron chi connectivity index (χ2n) is 10.3. The molecule has 0 unspecified atom stereocenters. The molecule has 0 amide bonds. The van der Waals surface area contributed by atoms with Gasteiger partial charge in [-0.3, -0.25) is 0 Å². The highest BCUT2D eigenvalue weighted by Crippen LogP contribution is 2.30. The lowest BCUT2D eigenvalue weighted by Gasteiger charge is -2.33. The summed E-state index contributed by atoms with van der Waals surface area (Å²) in [5.74, 6) is 0. The molecule has 1 aromatic carbocycles. The van der Waals surface area contributed by atoms with Crippen molar-refractivity contribution in [1.82, 2.24) is 0 Å². The standard InChI is InChI=1S/C30H55BrSi/c1-4-7-10-13-16-19-26-32(27-20-17-14-11-8-5-2,28-21-18-15-12-9-6-3)30-24-22-29(31)23-25-30/h22-25H,4-21,26-28H2,1-3H3. The van der Waals surface area contributed by atoms with Crippen molar-refractivity contribution >= 4 is 29.2 Å². The fraction of sp³-hybridized carbons (Fsp3) is 0.800. The maximum absolute atomic E-state index is 3.69. The van der Waals surface area contributed by atoms with Gasteiger partial charge in [0.15, 0.2) is 0 Å². The Morgan fingerprint density at radius 3 is 1.12 bits per heavy atom. The van der Waals surface area contributed by atoms with Crippen LogP contribution in [-0.4, -0.2) is 8.07 Å². The first-order chi connectivity index (χ1) is 15.7. The molecule has 2 heteroatoms. The molecule has 1 aromatic rings. The highest BCUT2D eigenvalue weighted by molar-refractivity contribution is 9.10. The van der Waals surface area contributed by atoms with E-state index < -0.39 is 8.07 Å². The molecule has 186 valence electrons. The first kappa shape index (κ1) is 29.9. The molecule has 0 spiro atoms. The van der Waals surface area contributed by atoms with Crippen LogP contribution in [0.1, 0.15) is 136 Å². The van der Waals surface area contributed by atoms with Crippen molar-refractivity contribution in [2.45, 2.75) is 154 Å². The zero-order valence-corrected chi connectivity index (χ0v) is 24.6. The molecule has 0 atom stereocenters. The number of benzene rings is 1. The summed E-state index contributed by atoms with van der Waals surface area (Å²) in [6, 6.07) is 14.2. The van der Waals surface area contributed by atoms with Crippen molar-refractivity contribution in [3.63, 3.8) is 0 Å². The van der Waals surface area contributed by atoms with E-state index in [2.05, 4.69) is 61.0 Å². The van der Waals surface area contributed by atoms with Crippen molar-refractivity contribution in [3.8, 4) is 0 Å². The Hall–Kier alpha value is -0.0831. The van der Waals surface area contributed by atoms with E-state index in [9.17, 15) is 0 Å². The van der Waals surface area contributed by atoms with Gasteiger partial charge in [0, 0.05) is 4.47 Å². The third kappa shape index (κ3) is 13.6. The Kier molecular flexibility index (Phi) is 19.0. The van der Waals surface area contributed by atoms with Crippen LogP contribution >= 0.6 is 15.9 Å². The molecule has 0 N–H and O–H groups in total. The van der Waals surface area contributed by atoms with Crippen LogP contribution in [0, 0.1) is 0 Å². The lowest BCUT2D eigenvalue weighted by atomic mass is 10.1. The van der Waals surface area contributed by atoms with E-state index in [-0.39, 0.29) is 0 Å². The predicted octanol–water partition coefficient (Wildman–Crippen LogP) is 11.2. The zero-order valence-electron chi connectivity index (χ0n) is 22.0. The molecule has 0 saturated carbocycles. The fourth-order valence-electron chi connectivity index (χ4n) is 5.34. The van der Waals surface area contributed by atoms with Crippen LogP contribution in [-0.2, 0) is 0 Å². The maximum Gasteiger partial charge on any atom is 0.0867 e.